The number of hydrogen-bond acceptors (Lipinski definition) is 4. The second-order valence-electron chi connectivity index (χ2n) is 7.85. The van der Waals surface area contributed by atoms with Crippen LogP contribution < -0.4 is 10.6 Å². The molecule has 4 rings (SSSR count). The Hall–Kier alpha value is -2.21. The molecule has 1 aliphatic carbocycles. The van der Waals surface area contributed by atoms with E-state index in [2.05, 4.69) is 32.8 Å². The summed E-state index contributed by atoms with van der Waals surface area (Å²) in [6.45, 7) is 2.00. The third-order valence-corrected chi connectivity index (χ3v) is 5.96. The van der Waals surface area contributed by atoms with Crippen molar-refractivity contribution in [3.05, 3.63) is 41.2 Å². The van der Waals surface area contributed by atoms with Crippen molar-refractivity contribution in [2.75, 3.05) is 18.4 Å². The predicted octanol–water partition coefficient (Wildman–Crippen LogP) is 3.58. The lowest BCUT2D eigenvalue weighted by Crippen LogP contribution is -2.27. The molecule has 144 valence electrons. The molecule has 6 nitrogen and oxygen atoms in total. The molecule has 2 aliphatic rings. The fraction of sp³-hybridized carbons (Fsp3) is 0.571. The highest BCUT2D eigenvalue weighted by Gasteiger charge is 2.22. The Balaban J connectivity index is 1.42. The van der Waals surface area contributed by atoms with Crippen LogP contribution in [0.25, 0.3) is 0 Å². The van der Waals surface area contributed by atoms with E-state index in [0.717, 1.165) is 31.8 Å². The molecule has 2 fully saturated rings. The molecular formula is C21H29N5O. The second kappa shape index (κ2) is 8.21. The maximum absolute atomic E-state index is 12.6. The molecule has 1 aromatic carbocycles. The lowest BCUT2D eigenvalue weighted by atomic mass is 9.84. The van der Waals surface area contributed by atoms with Crippen molar-refractivity contribution in [2.45, 2.75) is 56.8 Å². The number of aromatic nitrogens is 3. The topological polar surface area (TPSA) is 71.8 Å². The van der Waals surface area contributed by atoms with E-state index < -0.39 is 0 Å². The Morgan fingerprint density at radius 3 is 2.44 bits per heavy atom. The Morgan fingerprint density at radius 1 is 1.04 bits per heavy atom. The maximum Gasteiger partial charge on any atom is 0.258 e. The summed E-state index contributed by atoms with van der Waals surface area (Å²) in [5.74, 6) is 2.25. The van der Waals surface area contributed by atoms with Gasteiger partial charge in [-0.2, -0.15) is 10.1 Å². The van der Waals surface area contributed by atoms with Gasteiger partial charge in [0.15, 0.2) is 5.82 Å². The van der Waals surface area contributed by atoms with Crippen molar-refractivity contribution in [3.8, 4) is 0 Å². The monoisotopic (exact) mass is 367 g/mol. The summed E-state index contributed by atoms with van der Waals surface area (Å²) in [6.07, 6.45) is 8.61. The van der Waals surface area contributed by atoms with E-state index in [9.17, 15) is 4.79 Å². The fourth-order valence-electron chi connectivity index (χ4n) is 4.28. The van der Waals surface area contributed by atoms with Crippen molar-refractivity contribution in [1.82, 2.24) is 20.1 Å². The first-order chi connectivity index (χ1) is 13.2. The zero-order chi connectivity index (χ0) is 18.6. The standard InChI is InChI=1S/C21H29N5O/c1-26-21(23-19(25-26)17-11-13-22-14-12-17)24-20(27)18-9-7-16(8-10-18)15-5-3-2-4-6-15/h7-10,15,17,22H,2-6,11-14H2,1H3,(H,23,24,25,27). The van der Waals surface area contributed by atoms with Crippen LogP contribution >= 0.6 is 0 Å². The quantitative estimate of drug-likeness (QED) is 0.866. The number of hydrogen-bond donors (Lipinski definition) is 2. The summed E-state index contributed by atoms with van der Waals surface area (Å²) in [6, 6.07) is 8.09. The first-order valence-electron chi connectivity index (χ1n) is 10.2. The van der Waals surface area contributed by atoms with E-state index in [0.29, 0.717) is 23.3 Å². The minimum atomic E-state index is -0.127. The number of anilines is 1. The molecule has 1 aromatic heterocycles. The van der Waals surface area contributed by atoms with Crippen LogP contribution in [0, 0.1) is 0 Å². The Morgan fingerprint density at radius 2 is 1.74 bits per heavy atom. The summed E-state index contributed by atoms with van der Waals surface area (Å²) in [5, 5.41) is 10.8. The lowest BCUT2D eigenvalue weighted by molar-refractivity contribution is 0.102. The van der Waals surface area contributed by atoms with Gasteiger partial charge in [0.1, 0.15) is 0 Å². The summed E-state index contributed by atoms with van der Waals surface area (Å²) < 4.78 is 1.67. The molecule has 1 saturated heterocycles. The van der Waals surface area contributed by atoms with Crippen molar-refractivity contribution in [3.63, 3.8) is 0 Å². The molecular weight excluding hydrogens is 338 g/mol. The van der Waals surface area contributed by atoms with Gasteiger partial charge in [-0.3, -0.25) is 10.1 Å². The number of piperidine rings is 1. The molecule has 0 bridgehead atoms. The molecule has 2 heterocycles. The van der Waals surface area contributed by atoms with Gasteiger partial charge in [-0.1, -0.05) is 31.4 Å². The van der Waals surface area contributed by atoms with E-state index in [4.69, 9.17) is 0 Å². The molecule has 0 unspecified atom stereocenters. The third-order valence-electron chi connectivity index (χ3n) is 5.96. The van der Waals surface area contributed by atoms with Gasteiger partial charge in [0.2, 0.25) is 5.95 Å². The number of nitrogens with zero attached hydrogens (tertiary/aromatic N) is 3. The lowest BCUT2D eigenvalue weighted by Gasteiger charge is -2.22. The molecule has 1 aliphatic heterocycles. The van der Waals surface area contributed by atoms with E-state index >= 15 is 0 Å². The highest BCUT2D eigenvalue weighted by Crippen LogP contribution is 2.32. The van der Waals surface area contributed by atoms with Gasteiger partial charge in [-0.05, 0) is 62.4 Å². The van der Waals surface area contributed by atoms with E-state index in [1.165, 1.54) is 37.7 Å². The van der Waals surface area contributed by atoms with Gasteiger partial charge < -0.3 is 5.32 Å². The number of nitrogens with one attached hydrogen (secondary N) is 2. The molecule has 0 radical (unpaired) electrons. The van der Waals surface area contributed by atoms with E-state index in [1.54, 1.807) is 4.68 Å². The van der Waals surface area contributed by atoms with E-state index in [1.807, 2.05) is 19.2 Å². The smallest absolute Gasteiger partial charge is 0.258 e. The first kappa shape index (κ1) is 18.2. The molecule has 0 atom stereocenters. The maximum atomic E-state index is 12.6. The highest BCUT2D eigenvalue weighted by molar-refractivity contribution is 6.03. The average molecular weight is 367 g/mol. The summed E-state index contributed by atoms with van der Waals surface area (Å²) in [5.41, 5.74) is 2.03. The third kappa shape index (κ3) is 4.21. The molecule has 0 spiro atoms. The number of benzene rings is 1. The average Bonchev–Trinajstić information content (AvgIpc) is 3.10. The molecule has 6 heteroatoms. The van der Waals surface area contributed by atoms with Crippen molar-refractivity contribution >= 4 is 11.9 Å². The van der Waals surface area contributed by atoms with Gasteiger partial charge in [-0.15, -0.1) is 0 Å². The largest absolute Gasteiger partial charge is 0.317 e. The summed E-state index contributed by atoms with van der Waals surface area (Å²) >= 11 is 0. The summed E-state index contributed by atoms with van der Waals surface area (Å²) in [4.78, 5) is 17.2. The fourth-order valence-corrected chi connectivity index (χ4v) is 4.28. The van der Waals surface area contributed by atoms with E-state index in [-0.39, 0.29) is 5.91 Å². The van der Waals surface area contributed by atoms with Gasteiger partial charge in [0.25, 0.3) is 5.91 Å². The number of carbonyl (C=O) groups is 1. The van der Waals surface area contributed by atoms with Gasteiger partial charge >= 0.3 is 0 Å². The predicted molar refractivity (Wildman–Crippen MR) is 106 cm³/mol. The van der Waals surface area contributed by atoms with Crippen LogP contribution in [0.5, 0.6) is 0 Å². The zero-order valence-electron chi connectivity index (χ0n) is 16.1. The molecule has 1 saturated carbocycles. The Bertz CT molecular complexity index is 770. The summed E-state index contributed by atoms with van der Waals surface area (Å²) in [7, 11) is 1.83. The molecule has 27 heavy (non-hydrogen) atoms. The minimum Gasteiger partial charge on any atom is -0.317 e. The Labute approximate surface area is 160 Å². The molecule has 1 amide bonds. The second-order valence-corrected chi connectivity index (χ2v) is 7.85. The first-order valence-corrected chi connectivity index (χ1v) is 10.2. The minimum absolute atomic E-state index is 0.127. The van der Waals surface area contributed by atoms with Crippen LogP contribution in [0.4, 0.5) is 5.95 Å². The molecule has 2 N–H and O–H groups in total. The Kier molecular flexibility index (Phi) is 5.53. The molecule has 2 aromatic rings. The van der Waals surface area contributed by atoms with Gasteiger partial charge in [0.05, 0.1) is 0 Å². The van der Waals surface area contributed by atoms with Gasteiger partial charge in [0, 0.05) is 18.5 Å². The van der Waals surface area contributed by atoms with Crippen LogP contribution in [0.1, 0.15) is 78.5 Å². The van der Waals surface area contributed by atoms with Crippen LogP contribution in [0.2, 0.25) is 0 Å². The number of rotatable bonds is 4. The van der Waals surface area contributed by atoms with Crippen molar-refractivity contribution in [2.24, 2.45) is 7.05 Å². The van der Waals surface area contributed by atoms with Crippen LogP contribution in [0.3, 0.4) is 0 Å². The van der Waals surface area contributed by atoms with Gasteiger partial charge in [-0.25, -0.2) is 4.68 Å². The number of aryl methyl sites for hydroxylation is 1. The SMILES string of the molecule is Cn1nc(C2CCNCC2)nc1NC(=O)c1ccc(C2CCCCC2)cc1. The highest BCUT2D eigenvalue weighted by atomic mass is 16.1. The van der Waals surface area contributed by atoms with Crippen LogP contribution in [-0.4, -0.2) is 33.8 Å². The normalized spacial score (nSPS) is 19.1. The van der Waals surface area contributed by atoms with Crippen molar-refractivity contribution < 1.29 is 4.79 Å². The van der Waals surface area contributed by atoms with Crippen LogP contribution in [-0.2, 0) is 7.05 Å². The zero-order valence-corrected chi connectivity index (χ0v) is 16.1. The number of carbonyl (C=O) groups excluding carboxylic acids is 1. The number of amides is 1. The van der Waals surface area contributed by atoms with Crippen LogP contribution in [0.15, 0.2) is 24.3 Å². The van der Waals surface area contributed by atoms with Crippen molar-refractivity contribution in [1.29, 1.82) is 0 Å².